The van der Waals surface area contributed by atoms with Crippen molar-refractivity contribution < 1.29 is 18.0 Å². The van der Waals surface area contributed by atoms with E-state index in [1.54, 1.807) is 6.07 Å². The maximum Gasteiger partial charge on any atom is 0.416 e. The van der Waals surface area contributed by atoms with Gasteiger partial charge in [0, 0.05) is 38.6 Å². The number of carbonyl (C=O) groups excluding carboxylic acids is 1. The van der Waals surface area contributed by atoms with Crippen LogP contribution in [0.5, 0.6) is 0 Å². The van der Waals surface area contributed by atoms with Crippen LogP contribution in [0.4, 0.5) is 13.2 Å². The van der Waals surface area contributed by atoms with Crippen LogP contribution in [0.25, 0.3) is 0 Å². The molecule has 0 saturated carbocycles. The predicted octanol–water partition coefficient (Wildman–Crippen LogP) is 5.34. The van der Waals surface area contributed by atoms with Crippen LogP contribution < -0.4 is 0 Å². The van der Waals surface area contributed by atoms with Crippen molar-refractivity contribution in [1.29, 1.82) is 0 Å². The minimum absolute atomic E-state index is 0.0569. The second kappa shape index (κ2) is 8.65. The fraction of sp³-hybridized carbons (Fsp3) is 0.480. The number of likely N-dealkylation sites (tertiary alicyclic amines) is 2. The van der Waals surface area contributed by atoms with Crippen LogP contribution in [0.3, 0.4) is 0 Å². The van der Waals surface area contributed by atoms with Crippen molar-refractivity contribution in [2.75, 3.05) is 13.1 Å². The molecule has 166 valence electrons. The Morgan fingerprint density at radius 1 is 1.03 bits per heavy atom. The normalized spacial score (nSPS) is 22.5. The van der Waals surface area contributed by atoms with Gasteiger partial charge in [0.05, 0.1) is 5.56 Å². The molecule has 2 aromatic rings. The molecule has 2 saturated heterocycles. The van der Waals surface area contributed by atoms with Crippen molar-refractivity contribution in [3.8, 4) is 0 Å². The first-order chi connectivity index (χ1) is 14.7. The molecule has 6 heteroatoms. The molecule has 2 aliphatic heterocycles. The summed E-state index contributed by atoms with van der Waals surface area (Å²) in [5.41, 5.74) is 3.77. The molecule has 2 aromatic carbocycles. The molecule has 2 fully saturated rings. The number of piperidine rings is 2. The van der Waals surface area contributed by atoms with E-state index in [1.165, 1.54) is 28.8 Å². The molecule has 31 heavy (non-hydrogen) atoms. The van der Waals surface area contributed by atoms with E-state index in [0.29, 0.717) is 17.9 Å². The maximum atomic E-state index is 13.1. The van der Waals surface area contributed by atoms with E-state index in [0.717, 1.165) is 38.5 Å². The van der Waals surface area contributed by atoms with Gasteiger partial charge in [0.25, 0.3) is 0 Å². The first kappa shape index (κ1) is 21.9. The van der Waals surface area contributed by atoms with Crippen LogP contribution in [-0.4, -0.2) is 34.8 Å². The van der Waals surface area contributed by atoms with Gasteiger partial charge in [-0.1, -0.05) is 35.9 Å². The van der Waals surface area contributed by atoms with Crippen LogP contribution in [0, 0.1) is 19.8 Å². The molecule has 2 heterocycles. The lowest BCUT2D eigenvalue weighted by molar-refractivity contribution is -0.142. The number of amides is 1. The summed E-state index contributed by atoms with van der Waals surface area (Å²) in [4.78, 5) is 17.0. The Bertz CT molecular complexity index is 956. The van der Waals surface area contributed by atoms with E-state index in [2.05, 4.69) is 36.9 Å². The molecular formula is C25H29F3N2O. The number of carbonyl (C=O) groups is 1. The molecule has 0 spiro atoms. The second-order valence-electron chi connectivity index (χ2n) is 9.04. The van der Waals surface area contributed by atoms with Gasteiger partial charge in [-0.3, -0.25) is 9.69 Å². The van der Waals surface area contributed by atoms with Crippen molar-refractivity contribution in [1.82, 2.24) is 9.80 Å². The number of fused-ring (bicyclic) bond motifs is 1. The van der Waals surface area contributed by atoms with Gasteiger partial charge in [0.15, 0.2) is 0 Å². The summed E-state index contributed by atoms with van der Waals surface area (Å²) in [7, 11) is 0. The standard InChI is InChI=1S/C25H29F3N2O/c1-17-6-7-20(18(2)12-17)15-29-11-10-23-21(16-29)8-9-24(31)30(23)14-19-4-3-5-22(13-19)25(26,27)28/h3-7,12-13,21,23H,8-11,14-16H2,1-2H3/t21-,23+/m0/s1. The van der Waals surface area contributed by atoms with E-state index < -0.39 is 11.7 Å². The molecule has 0 aliphatic carbocycles. The Morgan fingerprint density at radius 3 is 2.58 bits per heavy atom. The van der Waals surface area contributed by atoms with Crippen molar-refractivity contribution in [2.24, 2.45) is 5.92 Å². The highest BCUT2D eigenvalue weighted by molar-refractivity contribution is 5.77. The van der Waals surface area contributed by atoms with Crippen LogP contribution >= 0.6 is 0 Å². The topological polar surface area (TPSA) is 23.6 Å². The summed E-state index contributed by atoms with van der Waals surface area (Å²) < 4.78 is 39.2. The fourth-order valence-electron chi connectivity index (χ4n) is 5.08. The molecule has 1 amide bonds. The molecule has 0 unspecified atom stereocenters. The van der Waals surface area contributed by atoms with Gasteiger partial charge < -0.3 is 4.90 Å². The third-order valence-corrected chi connectivity index (χ3v) is 6.73. The largest absolute Gasteiger partial charge is 0.416 e. The lowest BCUT2D eigenvalue weighted by atomic mass is 9.83. The highest BCUT2D eigenvalue weighted by atomic mass is 19.4. The van der Waals surface area contributed by atoms with Crippen molar-refractivity contribution in [3.05, 3.63) is 70.3 Å². The first-order valence-corrected chi connectivity index (χ1v) is 10.9. The summed E-state index contributed by atoms with van der Waals surface area (Å²) in [5, 5.41) is 0. The summed E-state index contributed by atoms with van der Waals surface area (Å²) in [5.74, 6) is 0.421. The molecule has 0 N–H and O–H groups in total. The van der Waals surface area contributed by atoms with E-state index in [-0.39, 0.29) is 18.5 Å². The number of rotatable bonds is 4. The van der Waals surface area contributed by atoms with Gasteiger partial charge in [0.2, 0.25) is 5.91 Å². The van der Waals surface area contributed by atoms with Crippen LogP contribution in [-0.2, 0) is 24.1 Å². The van der Waals surface area contributed by atoms with Crippen LogP contribution in [0.1, 0.15) is 47.1 Å². The molecule has 2 atom stereocenters. The zero-order valence-electron chi connectivity index (χ0n) is 18.1. The van der Waals surface area contributed by atoms with E-state index in [4.69, 9.17) is 0 Å². The van der Waals surface area contributed by atoms with Gasteiger partial charge >= 0.3 is 6.18 Å². The average Bonchev–Trinajstić information content (AvgIpc) is 2.72. The minimum Gasteiger partial charge on any atom is -0.335 e. The Morgan fingerprint density at radius 2 is 1.84 bits per heavy atom. The number of benzene rings is 2. The molecule has 0 radical (unpaired) electrons. The van der Waals surface area contributed by atoms with Crippen LogP contribution in [0.15, 0.2) is 42.5 Å². The first-order valence-electron chi connectivity index (χ1n) is 10.9. The average molecular weight is 431 g/mol. The lowest BCUT2D eigenvalue weighted by Gasteiger charge is -2.47. The zero-order valence-corrected chi connectivity index (χ0v) is 18.1. The van der Waals surface area contributed by atoms with Gasteiger partial charge in [-0.05, 0) is 61.4 Å². The Balaban J connectivity index is 1.45. The van der Waals surface area contributed by atoms with Crippen molar-refractivity contribution >= 4 is 5.91 Å². The highest BCUT2D eigenvalue weighted by Crippen LogP contribution is 2.34. The number of halogens is 3. The lowest BCUT2D eigenvalue weighted by Crippen LogP contribution is -2.55. The minimum atomic E-state index is -4.37. The maximum absolute atomic E-state index is 13.1. The third kappa shape index (κ3) is 4.95. The summed E-state index contributed by atoms with van der Waals surface area (Å²) in [6, 6.07) is 12.0. The Hall–Kier alpha value is -2.34. The quantitative estimate of drug-likeness (QED) is 0.654. The van der Waals surface area contributed by atoms with Crippen molar-refractivity contribution in [3.63, 3.8) is 0 Å². The number of hydrogen-bond donors (Lipinski definition) is 0. The van der Waals surface area contributed by atoms with E-state index in [9.17, 15) is 18.0 Å². The second-order valence-corrected chi connectivity index (χ2v) is 9.04. The Labute approximate surface area is 181 Å². The number of aryl methyl sites for hydroxylation is 2. The molecule has 4 rings (SSSR count). The molecule has 2 aliphatic rings. The molecule has 0 aromatic heterocycles. The fourth-order valence-corrected chi connectivity index (χ4v) is 5.08. The van der Waals surface area contributed by atoms with Gasteiger partial charge in [-0.25, -0.2) is 0 Å². The Kier molecular flexibility index (Phi) is 6.11. The highest BCUT2D eigenvalue weighted by Gasteiger charge is 2.39. The van der Waals surface area contributed by atoms with E-state index >= 15 is 0 Å². The monoisotopic (exact) mass is 430 g/mol. The summed E-state index contributed by atoms with van der Waals surface area (Å²) in [6.07, 6.45) is -2.19. The van der Waals surface area contributed by atoms with Gasteiger partial charge in [-0.15, -0.1) is 0 Å². The summed E-state index contributed by atoms with van der Waals surface area (Å²) in [6.45, 7) is 7.20. The third-order valence-electron chi connectivity index (χ3n) is 6.73. The van der Waals surface area contributed by atoms with E-state index in [1.807, 2.05) is 4.90 Å². The van der Waals surface area contributed by atoms with Crippen LogP contribution in [0.2, 0.25) is 0 Å². The molecule has 3 nitrogen and oxygen atoms in total. The summed E-state index contributed by atoms with van der Waals surface area (Å²) >= 11 is 0. The number of nitrogens with zero attached hydrogens (tertiary/aromatic N) is 2. The predicted molar refractivity (Wildman–Crippen MR) is 114 cm³/mol. The SMILES string of the molecule is Cc1ccc(CN2CC[C@@H]3[C@@H](CCC(=O)N3Cc3cccc(C(F)(F)F)c3)C2)c(C)c1. The van der Waals surface area contributed by atoms with Gasteiger partial charge in [0.1, 0.15) is 0 Å². The molecule has 0 bridgehead atoms. The zero-order chi connectivity index (χ0) is 22.2. The smallest absolute Gasteiger partial charge is 0.335 e. The number of alkyl halides is 3. The molecular weight excluding hydrogens is 401 g/mol. The number of hydrogen-bond acceptors (Lipinski definition) is 2. The van der Waals surface area contributed by atoms with Crippen molar-refractivity contribution in [2.45, 2.75) is 58.4 Å². The van der Waals surface area contributed by atoms with Gasteiger partial charge in [-0.2, -0.15) is 13.2 Å².